The van der Waals surface area contributed by atoms with Crippen LogP contribution in [0.3, 0.4) is 0 Å². The fourth-order valence-corrected chi connectivity index (χ4v) is 1.14. The van der Waals surface area contributed by atoms with Gasteiger partial charge in [-0.05, 0) is 18.9 Å². The quantitative estimate of drug-likeness (QED) is 0.639. The molecule has 0 aromatic heterocycles. The molecule has 1 saturated carbocycles. The molecule has 0 saturated heterocycles. The summed E-state index contributed by atoms with van der Waals surface area (Å²) in [5.41, 5.74) is 5.04. The summed E-state index contributed by atoms with van der Waals surface area (Å²) in [4.78, 5) is 0. The average Bonchev–Trinajstić information content (AvgIpc) is 2.65. The number of alkyl halides is 4. The van der Waals surface area contributed by atoms with Crippen LogP contribution in [-0.2, 0) is 0 Å². The van der Waals surface area contributed by atoms with E-state index < -0.39 is 24.2 Å². The van der Waals surface area contributed by atoms with Crippen molar-refractivity contribution in [3.05, 3.63) is 0 Å². The summed E-state index contributed by atoms with van der Waals surface area (Å²) in [6.45, 7) is 0.0764. The van der Waals surface area contributed by atoms with Gasteiger partial charge < -0.3 is 5.73 Å². The molecule has 5 heteroatoms. The van der Waals surface area contributed by atoms with E-state index in [0.29, 0.717) is 0 Å². The topological polar surface area (TPSA) is 26.0 Å². The Morgan fingerprint density at radius 3 is 2.27 bits per heavy atom. The van der Waals surface area contributed by atoms with Crippen molar-refractivity contribution in [1.82, 2.24) is 0 Å². The zero-order valence-corrected chi connectivity index (χ0v) is 5.74. The molecule has 0 aromatic carbocycles. The van der Waals surface area contributed by atoms with E-state index in [0.717, 1.165) is 0 Å². The van der Waals surface area contributed by atoms with Gasteiger partial charge >= 0.3 is 12.3 Å². The van der Waals surface area contributed by atoms with Gasteiger partial charge in [-0.2, -0.15) is 8.78 Å². The van der Waals surface area contributed by atoms with Crippen molar-refractivity contribution in [1.29, 1.82) is 0 Å². The Morgan fingerprint density at radius 1 is 1.45 bits per heavy atom. The predicted molar refractivity (Wildman–Crippen MR) is 31.6 cm³/mol. The smallest absolute Gasteiger partial charge is 0.310 e. The van der Waals surface area contributed by atoms with Gasteiger partial charge in [0, 0.05) is 5.92 Å². The van der Waals surface area contributed by atoms with E-state index in [9.17, 15) is 17.6 Å². The molecular formula is C6H9F4N. The highest BCUT2D eigenvalue weighted by molar-refractivity contribution is 4.97. The second-order valence-corrected chi connectivity index (χ2v) is 2.81. The van der Waals surface area contributed by atoms with Crippen LogP contribution in [0.25, 0.3) is 0 Å². The Hall–Kier alpha value is -0.320. The second-order valence-electron chi connectivity index (χ2n) is 2.81. The van der Waals surface area contributed by atoms with Crippen LogP contribution in [0, 0.1) is 11.8 Å². The molecule has 0 radical (unpaired) electrons. The summed E-state index contributed by atoms with van der Waals surface area (Å²) in [6.07, 6.45) is -3.42. The predicted octanol–water partition coefficient (Wildman–Crippen LogP) is 1.48. The van der Waals surface area contributed by atoms with Crippen LogP contribution in [-0.4, -0.2) is 18.9 Å². The number of halogens is 4. The molecule has 0 spiro atoms. The third-order valence-electron chi connectivity index (χ3n) is 2.01. The minimum atomic E-state index is -3.83. The molecule has 1 fully saturated rings. The molecule has 2 atom stereocenters. The molecule has 0 aromatic rings. The molecule has 1 aliphatic carbocycles. The maximum absolute atomic E-state index is 12.4. The third kappa shape index (κ3) is 1.47. The van der Waals surface area contributed by atoms with Crippen LogP contribution in [0.15, 0.2) is 0 Å². The van der Waals surface area contributed by atoms with Gasteiger partial charge in [0.2, 0.25) is 0 Å². The van der Waals surface area contributed by atoms with E-state index in [1.165, 1.54) is 0 Å². The van der Waals surface area contributed by atoms with E-state index in [2.05, 4.69) is 0 Å². The third-order valence-corrected chi connectivity index (χ3v) is 2.01. The van der Waals surface area contributed by atoms with Gasteiger partial charge in [-0.25, -0.2) is 8.78 Å². The van der Waals surface area contributed by atoms with Gasteiger partial charge in [-0.1, -0.05) is 0 Å². The van der Waals surface area contributed by atoms with E-state index in [-0.39, 0.29) is 13.0 Å². The van der Waals surface area contributed by atoms with Crippen molar-refractivity contribution in [3.63, 3.8) is 0 Å². The zero-order valence-electron chi connectivity index (χ0n) is 5.74. The van der Waals surface area contributed by atoms with Crippen molar-refractivity contribution < 1.29 is 17.6 Å². The molecule has 1 aliphatic rings. The maximum atomic E-state index is 12.4. The average molecular weight is 171 g/mol. The fourth-order valence-electron chi connectivity index (χ4n) is 1.14. The van der Waals surface area contributed by atoms with E-state index in [1.807, 2.05) is 0 Å². The van der Waals surface area contributed by atoms with Crippen molar-refractivity contribution in [2.45, 2.75) is 18.8 Å². The Bertz CT molecular complexity index is 148. The van der Waals surface area contributed by atoms with Crippen LogP contribution in [0.5, 0.6) is 0 Å². The van der Waals surface area contributed by atoms with Crippen LogP contribution >= 0.6 is 0 Å². The Kier molecular flexibility index (Phi) is 2.09. The Balaban J connectivity index is 2.48. The molecule has 0 heterocycles. The lowest BCUT2D eigenvalue weighted by molar-refractivity contribution is -0.145. The van der Waals surface area contributed by atoms with Gasteiger partial charge in [0.1, 0.15) is 0 Å². The maximum Gasteiger partial charge on any atom is 0.310 e. The monoisotopic (exact) mass is 171 g/mol. The first-order chi connectivity index (χ1) is 5.00. The van der Waals surface area contributed by atoms with Crippen molar-refractivity contribution in [2.75, 3.05) is 6.54 Å². The molecule has 66 valence electrons. The molecule has 0 aliphatic heterocycles. The van der Waals surface area contributed by atoms with E-state index in [4.69, 9.17) is 5.73 Å². The zero-order chi connectivity index (χ0) is 8.65. The van der Waals surface area contributed by atoms with Crippen LogP contribution in [0.2, 0.25) is 0 Å². The molecule has 0 amide bonds. The standard InChI is InChI=1S/C6H9F4N/c7-5(8)6(9,10)4-1-3(4)2-11/h3-5H,1-2,11H2. The van der Waals surface area contributed by atoms with Gasteiger partial charge in [-0.3, -0.25) is 0 Å². The first-order valence-electron chi connectivity index (χ1n) is 3.36. The van der Waals surface area contributed by atoms with Gasteiger partial charge in [-0.15, -0.1) is 0 Å². The van der Waals surface area contributed by atoms with Crippen LogP contribution in [0.4, 0.5) is 17.6 Å². The normalized spacial score (nSPS) is 31.1. The Morgan fingerprint density at radius 2 is 2.00 bits per heavy atom. The number of rotatable bonds is 3. The summed E-state index contributed by atoms with van der Waals surface area (Å²) >= 11 is 0. The number of hydrogen-bond acceptors (Lipinski definition) is 1. The van der Waals surface area contributed by atoms with Crippen LogP contribution in [0.1, 0.15) is 6.42 Å². The summed E-state index contributed by atoms with van der Waals surface area (Å²) < 4.78 is 48.0. The van der Waals surface area contributed by atoms with Crippen molar-refractivity contribution >= 4 is 0 Å². The molecule has 2 unspecified atom stereocenters. The van der Waals surface area contributed by atoms with Gasteiger partial charge in [0.05, 0.1) is 0 Å². The van der Waals surface area contributed by atoms with Gasteiger partial charge in [0.25, 0.3) is 0 Å². The SMILES string of the molecule is NCC1CC1C(F)(F)C(F)F. The van der Waals surface area contributed by atoms with Crippen molar-refractivity contribution in [2.24, 2.45) is 17.6 Å². The van der Waals surface area contributed by atoms with E-state index >= 15 is 0 Å². The molecule has 0 bridgehead atoms. The minimum Gasteiger partial charge on any atom is -0.330 e. The summed E-state index contributed by atoms with van der Waals surface area (Å²) in [5.74, 6) is -5.42. The van der Waals surface area contributed by atoms with E-state index in [1.54, 1.807) is 0 Å². The highest BCUT2D eigenvalue weighted by Crippen LogP contribution is 2.50. The highest BCUT2D eigenvalue weighted by Gasteiger charge is 2.59. The van der Waals surface area contributed by atoms with Crippen molar-refractivity contribution in [3.8, 4) is 0 Å². The summed E-state index contributed by atoms with van der Waals surface area (Å²) in [6, 6.07) is 0. The molecule has 2 N–H and O–H groups in total. The fraction of sp³-hybridized carbons (Fsp3) is 1.00. The molecule has 1 rings (SSSR count). The summed E-state index contributed by atoms with van der Waals surface area (Å²) in [5, 5.41) is 0. The lowest BCUT2D eigenvalue weighted by Gasteiger charge is -2.14. The second kappa shape index (κ2) is 2.62. The molecule has 11 heavy (non-hydrogen) atoms. The molecule has 1 nitrogen and oxygen atoms in total. The first-order valence-corrected chi connectivity index (χ1v) is 3.36. The molecular weight excluding hydrogens is 162 g/mol. The lowest BCUT2D eigenvalue weighted by Crippen LogP contribution is -2.30. The lowest BCUT2D eigenvalue weighted by atomic mass is 10.2. The first kappa shape index (κ1) is 8.77. The number of nitrogens with two attached hydrogens (primary N) is 1. The van der Waals surface area contributed by atoms with Crippen LogP contribution < -0.4 is 5.73 Å². The highest BCUT2D eigenvalue weighted by atomic mass is 19.3. The summed E-state index contributed by atoms with van der Waals surface area (Å²) in [7, 11) is 0. The largest absolute Gasteiger partial charge is 0.330 e. The number of hydrogen-bond donors (Lipinski definition) is 1. The van der Waals surface area contributed by atoms with Gasteiger partial charge in [0.15, 0.2) is 0 Å². The Labute approximate surface area is 61.6 Å². The minimum absolute atomic E-state index is 0.0764.